The molecule has 0 unspecified atom stereocenters. The van der Waals surface area contributed by atoms with E-state index in [1.807, 2.05) is 6.20 Å². The average Bonchev–Trinajstić information content (AvgIpc) is 2.77. The molecular formula is C17H27IN2OSi. The lowest BCUT2D eigenvalue weighted by Crippen LogP contribution is -2.40. The van der Waals surface area contributed by atoms with Gasteiger partial charge < -0.3 is 4.43 Å². The highest BCUT2D eigenvalue weighted by Gasteiger charge is 2.37. The molecule has 22 heavy (non-hydrogen) atoms. The molecule has 0 aliphatic rings. The molecule has 2 aromatic rings. The monoisotopic (exact) mass is 430 g/mol. The number of fused-ring (bicyclic) bond motifs is 1. The third-order valence-electron chi connectivity index (χ3n) is 4.65. The molecule has 3 nitrogen and oxygen atoms in total. The van der Waals surface area contributed by atoms with Crippen LogP contribution in [0.15, 0.2) is 18.3 Å². The summed E-state index contributed by atoms with van der Waals surface area (Å²) in [5.74, 6) is 0. The lowest BCUT2D eigenvalue weighted by Gasteiger charge is -2.36. The van der Waals surface area contributed by atoms with Crippen LogP contribution in [0.4, 0.5) is 0 Å². The molecule has 0 radical (unpaired) electrons. The lowest BCUT2D eigenvalue weighted by molar-refractivity contribution is 0.275. The van der Waals surface area contributed by atoms with Crippen molar-refractivity contribution in [1.29, 1.82) is 0 Å². The van der Waals surface area contributed by atoms with E-state index in [0.717, 1.165) is 0 Å². The smallest absolute Gasteiger partial charge is 0.192 e. The van der Waals surface area contributed by atoms with Gasteiger partial charge in [0.2, 0.25) is 0 Å². The van der Waals surface area contributed by atoms with Crippen LogP contribution in [-0.4, -0.2) is 18.1 Å². The van der Waals surface area contributed by atoms with Gasteiger partial charge in [-0.3, -0.25) is 4.68 Å². The van der Waals surface area contributed by atoms with Crippen LogP contribution < -0.4 is 0 Å². The molecule has 1 aromatic heterocycles. The van der Waals surface area contributed by atoms with Gasteiger partial charge in [-0.05, 0) is 72.3 Å². The zero-order valence-electron chi connectivity index (χ0n) is 14.7. The molecule has 2 rings (SSSR count). The summed E-state index contributed by atoms with van der Waals surface area (Å²) in [6.45, 7) is 16.5. The topological polar surface area (TPSA) is 27.1 Å². The van der Waals surface area contributed by atoms with E-state index in [1.165, 1.54) is 20.0 Å². The largest absolute Gasteiger partial charge is 0.413 e. The summed E-state index contributed by atoms with van der Waals surface area (Å²) < 4.78 is 9.73. The van der Waals surface area contributed by atoms with Gasteiger partial charge in [-0.1, -0.05) is 20.8 Å². The van der Waals surface area contributed by atoms with Crippen LogP contribution >= 0.6 is 22.6 Å². The summed E-state index contributed by atoms with van der Waals surface area (Å²) >= 11 is 2.41. The highest BCUT2D eigenvalue weighted by atomic mass is 127. The lowest BCUT2D eigenvalue weighted by atomic mass is 10.2. The molecule has 1 aromatic carbocycles. The van der Waals surface area contributed by atoms with E-state index >= 15 is 0 Å². The SMILES string of the molecule is CC(C)n1ncc2cc(I)c(CO[Si](C)(C)C(C)(C)C)cc21. The third kappa shape index (κ3) is 3.57. The van der Waals surface area contributed by atoms with E-state index < -0.39 is 8.32 Å². The highest BCUT2D eigenvalue weighted by Crippen LogP contribution is 2.37. The normalized spacial score (nSPS) is 13.3. The van der Waals surface area contributed by atoms with E-state index in [4.69, 9.17) is 4.43 Å². The maximum Gasteiger partial charge on any atom is 0.192 e. The molecule has 0 amide bonds. The predicted molar refractivity (Wildman–Crippen MR) is 105 cm³/mol. The van der Waals surface area contributed by atoms with Crippen LogP contribution in [-0.2, 0) is 11.0 Å². The van der Waals surface area contributed by atoms with Crippen molar-refractivity contribution >= 4 is 41.8 Å². The first-order valence-corrected chi connectivity index (χ1v) is 11.8. The van der Waals surface area contributed by atoms with Crippen molar-refractivity contribution in [2.75, 3.05) is 0 Å². The standard InChI is InChI=1S/C17H27IN2OSi/c1-12(2)20-16-9-14(15(18)8-13(16)10-19-20)11-21-22(6,7)17(3,4)5/h8-10,12H,11H2,1-7H3. The van der Waals surface area contributed by atoms with Crippen molar-refractivity contribution in [2.45, 2.75) is 65.4 Å². The highest BCUT2D eigenvalue weighted by molar-refractivity contribution is 14.1. The quantitative estimate of drug-likeness (QED) is 0.457. The van der Waals surface area contributed by atoms with Crippen molar-refractivity contribution in [3.05, 3.63) is 27.5 Å². The van der Waals surface area contributed by atoms with E-state index in [2.05, 4.69) is 92.2 Å². The molecule has 0 fully saturated rings. The number of benzene rings is 1. The Morgan fingerprint density at radius 2 is 1.91 bits per heavy atom. The van der Waals surface area contributed by atoms with Crippen LogP contribution in [0.5, 0.6) is 0 Å². The number of hydrogen-bond donors (Lipinski definition) is 0. The molecule has 0 aliphatic heterocycles. The van der Waals surface area contributed by atoms with Crippen LogP contribution in [0.2, 0.25) is 18.1 Å². The van der Waals surface area contributed by atoms with Crippen molar-refractivity contribution in [2.24, 2.45) is 0 Å². The molecule has 0 saturated carbocycles. The number of halogens is 1. The first kappa shape index (κ1) is 17.9. The second-order valence-corrected chi connectivity index (χ2v) is 13.7. The van der Waals surface area contributed by atoms with E-state index in [9.17, 15) is 0 Å². The van der Waals surface area contributed by atoms with Gasteiger partial charge in [0.1, 0.15) is 0 Å². The fraction of sp³-hybridized carbons (Fsp3) is 0.588. The predicted octanol–water partition coefficient (Wildman–Crippen LogP) is 5.74. The van der Waals surface area contributed by atoms with Crippen LogP contribution in [0, 0.1) is 3.57 Å². The summed E-state index contributed by atoms with van der Waals surface area (Å²) in [6, 6.07) is 4.83. The molecule has 0 saturated heterocycles. The second kappa shape index (κ2) is 6.24. The Labute approximate surface area is 148 Å². The maximum atomic E-state index is 6.39. The Morgan fingerprint density at radius 1 is 1.27 bits per heavy atom. The molecule has 1 heterocycles. The van der Waals surface area contributed by atoms with Gasteiger partial charge >= 0.3 is 0 Å². The molecule has 0 atom stereocenters. The van der Waals surface area contributed by atoms with Gasteiger partial charge in [-0.15, -0.1) is 0 Å². The van der Waals surface area contributed by atoms with Crippen molar-refractivity contribution < 1.29 is 4.43 Å². The van der Waals surface area contributed by atoms with E-state index in [-0.39, 0.29) is 5.04 Å². The van der Waals surface area contributed by atoms with Crippen LogP contribution in [0.3, 0.4) is 0 Å². The molecular weight excluding hydrogens is 403 g/mol. The minimum atomic E-state index is -1.72. The van der Waals surface area contributed by atoms with Crippen molar-refractivity contribution in [1.82, 2.24) is 9.78 Å². The van der Waals surface area contributed by atoms with Crippen LogP contribution in [0.25, 0.3) is 10.9 Å². The minimum absolute atomic E-state index is 0.238. The van der Waals surface area contributed by atoms with Gasteiger partial charge in [0, 0.05) is 15.0 Å². The van der Waals surface area contributed by atoms with Gasteiger partial charge in [0.25, 0.3) is 0 Å². The summed E-state index contributed by atoms with van der Waals surface area (Å²) in [5.41, 5.74) is 2.46. The van der Waals surface area contributed by atoms with Crippen LogP contribution in [0.1, 0.15) is 46.2 Å². The zero-order valence-corrected chi connectivity index (χ0v) is 17.9. The summed E-state index contributed by atoms with van der Waals surface area (Å²) in [4.78, 5) is 0. The Bertz CT molecular complexity index is 671. The van der Waals surface area contributed by atoms with Crippen molar-refractivity contribution in [3.8, 4) is 0 Å². The van der Waals surface area contributed by atoms with E-state index in [0.29, 0.717) is 12.6 Å². The Morgan fingerprint density at radius 3 is 2.45 bits per heavy atom. The molecule has 0 aliphatic carbocycles. The fourth-order valence-corrected chi connectivity index (χ4v) is 3.70. The molecule has 5 heteroatoms. The van der Waals surface area contributed by atoms with Gasteiger partial charge in [0.15, 0.2) is 8.32 Å². The van der Waals surface area contributed by atoms with Gasteiger partial charge in [-0.2, -0.15) is 5.10 Å². The number of nitrogens with zero attached hydrogens (tertiary/aromatic N) is 2. The molecule has 0 N–H and O–H groups in total. The summed E-state index contributed by atoms with van der Waals surface area (Å²) in [5, 5.41) is 5.95. The summed E-state index contributed by atoms with van der Waals surface area (Å²) in [6.07, 6.45) is 1.95. The molecule has 0 bridgehead atoms. The number of aromatic nitrogens is 2. The van der Waals surface area contributed by atoms with Gasteiger partial charge in [-0.25, -0.2) is 0 Å². The Balaban J connectivity index is 2.32. The summed E-state index contributed by atoms with van der Waals surface area (Å²) in [7, 11) is -1.72. The third-order valence-corrected chi connectivity index (χ3v) is 10.1. The second-order valence-electron chi connectivity index (χ2n) is 7.73. The van der Waals surface area contributed by atoms with E-state index in [1.54, 1.807) is 0 Å². The molecule has 122 valence electrons. The van der Waals surface area contributed by atoms with Crippen molar-refractivity contribution in [3.63, 3.8) is 0 Å². The minimum Gasteiger partial charge on any atom is -0.413 e. The van der Waals surface area contributed by atoms with Gasteiger partial charge in [0.05, 0.1) is 18.3 Å². The maximum absolute atomic E-state index is 6.39. The number of rotatable bonds is 4. The average molecular weight is 430 g/mol. The Kier molecular flexibility index (Phi) is 5.09. The number of hydrogen-bond acceptors (Lipinski definition) is 2. The fourth-order valence-electron chi connectivity index (χ4n) is 2.11. The first-order chi connectivity index (χ1) is 10.0. The molecule has 0 spiro atoms. The zero-order chi connectivity index (χ0) is 16.7. The first-order valence-electron chi connectivity index (χ1n) is 7.82. The Hall–Kier alpha value is -0.403.